The van der Waals surface area contributed by atoms with Gasteiger partial charge in [-0.25, -0.2) is 0 Å². The molecule has 1 N–H and O–H groups in total. The Morgan fingerprint density at radius 3 is 3.15 bits per heavy atom. The molecule has 3 heteroatoms. The third kappa shape index (κ3) is 2.42. The molecule has 0 aromatic heterocycles. The van der Waals surface area contributed by atoms with Crippen molar-refractivity contribution in [2.24, 2.45) is 0 Å². The molecule has 0 fully saturated rings. The summed E-state index contributed by atoms with van der Waals surface area (Å²) in [6.07, 6.45) is 4.93. The first kappa shape index (κ1) is 9.99. The number of aliphatic hydroxyl groups excluding tert-OH is 1. The van der Waals surface area contributed by atoms with Crippen LogP contribution in [0.25, 0.3) is 0 Å². The molecule has 0 aliphatic carbocycles. The van der Waals surface area contributed by atoms with E-state index in [1.807, 2.05) is 4.90 Å². The van der Waals surface area contributed by atoms with E-state index >= 15 is 0 Å². The number of nitrogens with zero attached hydrogens (tertiary/aromatic N) is 1. The van der Waals surface area contributed by atoms with E-state index in [1.165, 1.54) is 0 Å². The summed E-state index contributed by atoms with van der Waals surface area (Å²) in [5.41, 5.74) is 0. The average Bonchev–Trinajstić information content (AvgIpc) is 2.08. The molecule has 1 aliphatic rings. The Morgan fingerprint density at radius 1 is 1.92 bits per heavy atom. The van der Waals surface area contributed by atoms with Crippen molar-refractivity contribution >= 4 is 5.78 Å². The molecule has 1 heterocycles. The predicted octanol–water partition coefficient (Wildman–Crippen LogP) is 0.710. The second-order valence-corrected chi connectivity index (χ2v) is 3.28. The Bertz CT molecular complexity index is 233. The standard InChI is InChI=1S/C10H15NO2/c1-3-5-11-6-4-9(13)7-10(11)8(2)12/h3-4,6,8,10,12H,1,5,7H2,2H3. The van der Waals surface area contributed by atoms with Gasteiger partial charge in [0.2, 0.25) is 0 Å². The second-order valence-electron chi connectivity index (χ2n) is 3.28. The lowest BCUT2D eigenvalue weighted by molar-refractivity contribution is -0.117. The number of carbonyl (C=O) groups is 1. The van der Waals surface area contributed by atoms with Crippen LogP contribution in [0.5, 0.6) is 0 Å². The molecule has 1 rings (SSSR count). The molecular formula is C10H15NO2. The van der Waals surface area contributed by atoms with Crippen LogP contribution >= 0.6 is 0 Å². The fourth-order valence-electron chi connectivity index (χ4n) is 1.47. The first-order valence-corrected chi connectivity index (χ1v) is 4.41. The van der Waals surface area contributed by atoms with Gasteiger partial charge in [0.25, 0.3) is 0 Å². The zero-order valence-electron chi connectivity index (χ0n) is 7.81. The van der Waals surface area contributed by atoms with Crippen LogP contribution in [0.15, 0.2) is 24.9 Å². The first-order chi connectivity index (χ1) is 6.15. The lowest BCUT2D eigenvalue weighted by Crippen LogP contribution is -2.42. The van der Waals surface area contributed by atoms with Crippen LogP contribution in [-0.4, -0.2) is 34.5 Å². The third-order valence-corrected chi connectivity index (χ3v) is 2.18. The summed E-state index contributed by atoms with van der Waals surface area (Å²) < 4.78 is 0. The third-order valence-electron chi connectivity index (χ3n) is 2.18. The second kappa shape index (κ2) is 4.23. The number of ketones is 1. The van der Waals surface area contributed by atoms with Gasteiger partial charge in [-0.2, -0.15) is 0 Å². The molecular weight excluding hydrogens is 166 g/mol. The van der Waals surface area contributed by atoms with E-state index in [4.69, 9.17) is 0 Å². The van der Waals surface area contributed by atoms with E-state index in [0.29, 0.717) is 13.0 Å². The van der Waals surface area contributed by atoms with Gasteiger partial charge in [-0.05, 0) is 13.0 Å². The highest BCUT2D eigenvalue weighted by atomic mass is 16.3. The maximum atomic E-state index is 11.1. The van der Waals surface area contributed by atoms with Gasteiger partial charge in [0.15, 0.2) is 5.78 Å². The Balaban J connectivity index is 2.72. The van der Waals surface area contributed by atoms with Crippen molar-refractivity contribution in [1.29, 1.82) is 0 Å². The molecule has 2 unspecified atom stereocenters. The van der Waals surface area contributed by atoms with Crippen LogP contribution in [0.3, 0.4) is 0 Å². The Morgan fingerprint density at radius 2 is 2.62 bits per heavy atom. The van der Waals surface area contributed by atoms with Gasteiger partial charge in [-0.1, -0.05) is 6.08 Å². The zero-order chi connectivity index (χ0) is 9.84. The Hall–Kier alpha value is -1.09. The number of hydrogen-bond donors (Lipinski definition) is 1. The average molecular weight is 181 g/mol. The summed E-state index contributed by atoms with van der Waals surface area (Å²) in [4.78, 5) is 13.0. The van der Waals surface area contributed by atoms with Crippen molar-refractivity contribution in [2.75, 3.05) is 6.54 Å². The highest BCUT2D eigenvalue weighted by molar-refractivity contribution is 5.90. The SMILES string of the molecule is C=CCN1C=CC(=O)CC1C(C)O. The maximum absolute atomic E-state index is 11.1. The van der Waals surface area contributed by atoms with E-state index in [-0.39, 0.29) is 11.8 Å². The van der Waals surface area contributed by atoms with E-state index in [9.17, 15) is 9.90 Å². The summed E-state index contributed by atoms with van der Waals surface area (Å²) in [5, 5.41) is 9.43. The maximum Gasteiger partial charge on any atom is 0.159 e. The van der Waals surface area contributed by atoms with E-state index in [0.717, 1.165) is 0 Å². The lowest BCUT2D eigenvalue weighted by Gasteiger charge is -2.33. The molecule has 0 saturated heterocycles. The van der Waals surface area contributed by atoms with Crippen molar-refractivity contribution in [2.45, 2.75) is 25.5 Å². The zero-order valence-corrected chi connectivity index (χ0v) is 7.81. The summed E-state index contributed by atoms with van der Waals surface area (Å²) >= 11 is 0. The monoisotopic (exact) mass is 181 g/mol. The molecule has 0 aromatic rings. The van der Waals surface area contributed by atoms with Crippen LogP contribution in [0, 0.1) is 0 Å². The van der Waals surface area contributed by atoms with Gasteiger partial charge < -0.3 is 10.0 Å². The van der Waals surface area contributed by atoms with Crippen LogP contribution in [0.2, 0.25) is 0 Å². The van der Waals surface area contributed by atoms with E-state index < -0.39 is 6.10 Å². The molecule has 1 aliphatic heterocycles. The molecule has 0 spiro atoms. The van der Waals surface area contributed by atoms with Gasteiger partial charge in [-0.15, -0.1) is 6.58 Å². The number of rotatable bonds is 3. The molecule has 0 bridgehead atoms. The molecule has 0 radical (unpaired) electrons. The fraction of sp³-hybridized carbons (Fsp3) is 0.500. The van der Waals surface area contributed by atoms with Crippen molar-refractivity contribution in [3.05, 3.63) is 24.9 Å². The van der Waals surface area contributed by atoms with Crippen molar-refractivity contribution in [3.63, 3.8) is 0 Å². The van der Waals surface area contributed by atoms with Crippen LogP contribution in [0.4, 0.5) is 0 Å². The van der Waals surface area contributed by atoms with Crippen LogP contribution < -0.4 is 0 Å². The first-order valence-electron chi connectivity index (χ1n) is 4.41. The number of carbonyl (C=O) groups excluding carboxylic acids is 1. The molecule has 0 aromatic carbocycles. The Kier molecular flexibility index (Phi) is 3.25. The largest absolute Gasteiger partial charge is 0.391 e. The minimum atomic E-state index is -0.492. The highest BCUT2D eigenvalue weighted by Gasteiger charge is 2.25. The fourth-order valence-corrected chi connectivity index (χ4v) is 1.47. The van der Waals surface area contributed by atoms with Crippen molar-refractivity contribution in [3.8, 4) is 0 Å². The topological polar surface area (TPSA) is 40.5 Å². The summed E-state index contributed by atoms with van der Waals surface area (Å²) in [6.45, 7) is 5.99. The Labute approximate surface area is 78.4 Å². The summed E-state index contributed by atoms with van der Waals surface area (Å²) in [7, 11) is 0. The van der Waals surface area contributed by atoms with Crippen LogP contribution in [0.1, 0.15) is 13.3 Å². The normalized spacial score (nSPS) is 24.6. The van der Waals surface area contributed by atoms with Gasteiger partial charge in [0.05, 0.1) is 12.1 Å². The predicted molar refractivity (Wildman–Crippen MR) is 51.1 cm³/mol. The van der Waals surface area contributed by atoms with E-state index in [1.54, 1.807) is 25.3 Å². The quantitative estimate of drug-likeness (QED) is 0.652. The van der Waals surface area contributed by atoms with Gasteiger partial charge in [0, 0.05) is 19.2 Å². The van der Waals surface area contributed by atoms with Crippen molar-refractivity contribution in [1.82, 2.24) is 4.90 Å². The lowest BCUT2D eigenvalue weighted by atomic mass is 10.0. The van der Waals surface area contributed by atoms with E-state index in [2.05, 4.69) is 6.58 Å². The molecule has 0 saturated carbocycles. The van der Waals surface area contributed by atoms with Crippen LogP contribution in [-0.2, 0) is 4.79 Å². The van der Waals surface area contributed by atoms with Crippen molar-refractivity contribution < 1.29 is 9.90 Å². The molecule has 2 atom stereocenters. The molecule has 0 amide bonds. The highest BCUT2D eigenvalue weighted by Crippen LogP contribution is 2.15. The molecule has 3 nitrogen and oxygen atoms in total. The van der Waals surface area contributed by atoms with Gasteiger partial charge in [-0.3, -0.25) is 4.79 Å². The summed E-state index contributed by atoms with van der Waals surface area (Å²) in [5.74, 6) is 0.0752. The smallest absolute Gasteiger partial charge is 0.159 e. The molecule has 13 heavy (non-hydrogen) atoms. The molecule has 72 valence electrons. The number of hydrogen-bond acceptors (Lipinski definition) is 3. The minimum Gasteiger partial charge on any atom is -0.391 e. The van der Waals surface area contributed by atoms with Gasteiger partial charge in [0.1, 0.15) is 0 Å². The number of allylic oxidation sites excluding steroid dienone is 1. The minimum absolute atomic E-state index is 0.0752. The van der Waals surface area contributed by atoms with Gasteiger partial charge >= 0.3 is 0 Å². The number of aliphatic hydroxyl groups is 1. The summed E-state index contributed by atoms with van der Waals surface area (Å²) in [6, 6.07) is -0.101.